The van der Waals surface area contributed by atoms with Gasteiger partial charge < -0.3 is 4.57 Å². The van der Waals surface area contributed by atoms with Crippen LogP contribution in [-0.2, 0) is 13.5 Å². The number of benzene rings is 1. The molecule has 0 N–H and O–H groups in total. The highest BCUT2D eigenvalue weighted by Crippen LogP contribution is 2.25. The first-order chi connectivity index (χ1) is 6.63. The minimum atomic E-state index is 1.11. The molecule has 14 heavy (non-hydrogen) atoms. The number of rotatable bonds is 1. The van der Waals surface area contributed by atoms with Crippen molar-refractivity contribution in [3.63, 3.8) is 0 Å². The Balaban J connectivity index is 2.89. The molecular weight excluding hydrogens is 170 g/mol. The van der Waals surface area contributed by atoms with Crippen molar-refractivity contribution in [3.8, 4) is 0 Å². The molecule has 0 aliphatic carbocycles. The van der Waals surface area contributed by atoms with E-state index in [0.717, 1.165) is 6.42 Å². The number of aryl methyl sites for hydroxylation is 4. The van der Waals surface area contributed by atoms with Gasteiger partial charge in [0, 0.05) is 18.6 Å². The molecule has 0 saturated carbocycles. The Morgan fingerprint density at radius 1 is 1.21 bits per heavy atom. The second-order valence-electron chi connectivity index (χ2n) is 4.10. The summed E-state index contributed by atoms with van der Waals surface area (Å²) in [4.78, 5) is 0. The van der Waals surface area contributed by atoms with Gasteiger partial charge in [0.15, 0.2) is 0 Å². The van der Waals surface area contributed by atoms with Crippen molar-refractivity contribution in [1.82, 2.24) is 4.57 Å². The van der Waals surface area contributed by atoms with Crippen LogP contribution in [-0.4, -0.2) is 4.57 Å². The summed E-state index contributed by atoms with van der Waals surface area (Å²) in [5.41, 5.74) is 5.57. The number of fused-ring (bicyclic) bond motifs is 1. The van der Waals surface area contributed by atoms with Gasteiger partial charge in [-0.1, -0.05) is 18.6 Å². The second-order valence-corrected chi connectivity index (χ2v) is 4.10. The first-order valence-corrected chi connectivity index (χ1v) is 5.18. The summed E-state index contributed by atoms with van der Waals surface area (Å²) in [6, 6.07) is 4.54. The molecule has 2 aromatic rings. The molecule has 0 atom stereocenters. The Labute approximate surface area is 85.4 Å². The van der Waals surface area contributed by atoms with Gasteiger partial charge in [0.2, 0.25) is 0 Å². The van der Waals surface area contributed by atoms with Crippen LogP contribution in [0.4, 0.5) is 0 Å². The molecule has 1 nitrogen and oxygen atoms in total. The van der Waals surface area contributed by atoms with E-state index in [-0.39, 0.29) is 0 Å². The lowest BCUT2D eigenvalue weighted by Gasteiger charge is -2.03. The monoisotopic (exact) mass is 187 g/mol. The van der Waals surface area contributed by atoms with Crippen LogP contribution in [0.3, 0.4) is 0 Å². The summed E-state index contributed by atoms with van der Waals surface area (Å²) < 4.78 is 2.24. The van der Waals surface area contributed by atoms with Crippen LogP contribution in [0.5, 0.6) is 0 Å². The quantitative estimate of drug-likeness (QED) is 0.645. The lowest BCUT2D eigenvalue weighted by molar-refractivity contribution is 0.950. The van der Waals surface area contributed by atoms with E-state index in [1.54, 1.807) is 0 Å². The molecule has 1 heterocycles. The fraction of sp³-hybridized carbons (Fsp3) is 0.385. The Bertz CT molecular complexity index is 477. The fourth-order valence-electron chi connectivity index (χ4n) is 2.32. The summed E-state index contributed by atoms with van der Waals surface area (Å²) in [7, 11) is 2.13. The number of nitrogens with zero attached hydrogens (tertiary/aromatic N) is 1. The Morgan fingerprint density at radius 2 is 1.93 bits per heavy atom. The minimum Gasteiger partial charge on any atom is -0.350 e. The molecular formula is C13H17N. The number of aromatic nitrogens is 1. The topological polar surface area (TPSA) is 4.93 Å². The largest absolute Gasteiger partial charge is 0.350 e. The van der Waals surface area contributed by atoms with Crippen LogP contribution in [0.15, 0.2) is 18.3 Å². The van der Waals surface area contributed by atoms with Crippen molar-refractivity contribution in [3.05, 3.63) is 35.0 Å². The van der Waals surface area contributed by atoms with Gasteiger partial charge in [-0.05, 0) is 37.5 Å². The Hall–Kier alpha value is -1.24. The summed E-state index contributed by atoms with van der Waals surface area (Å²) in [5.74, 6) is 0. The van der Waals surface area contributed by atoms with E-state index in [1.165, 1.54) is 27.6 Å². The summed E-state index contributed by atoms with van der Waals surface area (Å²) in [6.07, 6.45) is 3.36. The number of hydrogen-bond acceptors (Lipinski definition) is 0. The molecule has 1 heteroatoms. The highest BCUT2D eigenvalue weighted by molar-refractivity contribution is 5.87. The number of hydrogen-bond donors (Lipinski definition) is 0. The van der Waals surface area contributed by atoms with E-state index in [2.05, 4.69) is 50.7 Å². The first-order valence-electron chi connectivity index (χ1n) is 5.18. The minimum absolute atomic E-state index is 1.11. The lowest BCUT2D eigenvalue weighted by Crippen LogP contribution is -1.87. The van der Waals surface area contributed by atoms with E-state index in [4.69, 9.17) is 0 Å². The predicted octanol–water partition coefficient (Wildman–Crippen LogP) is 3.36. The van der Waals surface area contributed by atoms with Crippen LogP contribution in [0, 0.1) is 13.8 Å². The molecule has 2 rings (SSSR count). The van der Waals surface area contributed by atoms with Crippen molar-refractivity contribution in [2.75, 3.05) is 0 Å². The third-order valence-corrected chi connectivity index (χ3v) is 2.87. The molecule has 0 bridgehead atoms. The van der Waals surface area contributed by atoms with Crippen molar-refractivity contribution in [2.24, 2.45) is 7.05 Å². The fourth-order valence-corrected chi connectivity index (χ4v) is 2.32. The molecule has 0 unspecified atom stereocenters. The average molecular weight is 187 g/mol. The van der Waals surface area contributed by atoms with E-state index in [9.17, 15) is 0 Å². The first kappa shape index (κ1) is 9.32. The smallest absolute Gasteiger partial charge is 0.0510 e. The van der Waals surface area contributed by atoms with Gasteiger partial charge >= 0.3 is 0 Å². The van der Waals surface area contributed by atoms with Crippen LogP contribution in [0.1, 0.15) is 23.6 Å². The molecule has 0 radical (unpaired) electrons. The molecule has 0 fully saturated rings. The van der Waals surface area contributed by atoms with Gasteiger partial charge in [0.1, 0.15) is 0 Å². The molecule has 0 amide bonds. The SMILES string of the molecule is CCc1cn(C)c2c(C)cc(C)cc12. The molecule has 1 aromatic carbocycles. The van der Waals surface area contributed by atoms with Gasteiger partial charge in [0.25, 0.3) is 0 Å². The van der Waals surface area contributed by atoms with E-state index in [0.29, 0.717) is 0 Å². The molecule has 0 aliphatic rings. The van der Waals surface area contributed by atoms with E-state index in [1.807, 2.05) is 0 Å². The van der Waals surface area contributed by atoms with Crippen LogP contribution < -0.4 is 0 Å². The van der Waals surface area contributed by atoms with Gasteiger partial charge in [-0.15, -0.1) is 0 Å². The van der Waals surface area contributed by atoms with E-state index >= 15 is 0 Å². The van der Waals surface area contributed by atoms with Crippen LogP contribution in [0.25, 0.3) is 10.9 Å². The molecule has 0 spiro atoms. The maximum Gasteiger partial charge on any atom is 0.0510 e. The normalized spacial score (nSPS) is 11.1. The lowest BCUT2D eigenvalue weighted by atomic mass is 10.0. The van der Waals surface area contributed by atoms with Crippen molar-refractivity contribution in [1.29, 1.82) is 0 Å². The average Bonchev–Trinajstić information content (AvgIpc) is 2.42. The highest BCUT2D eigenvalue weighted by atomic mass is 14.9. The van der Waals surface area contributed by atoms with E-state index < -0.39 is 0 Å². The zero-order valence-corrected chi connectivity index (χ0v) is 9.39. The Morgan fingerprint density at radius 3 is 2.57 bits per heavy atom. The highest BCUT2D eigenvalue weighted by Gasteiger charge is 2.07. The summed E-state index contributed by atoms with van der Waals surface area (Å²) in [6.45, 7) is 6.57. The van der Waals surface area contributed by atoms with Crippen LogP contribution in [0.2, 0.25) is 0 Å². The second kappa shape index (κ2) is 3.16. The van der Waals surface area contributed by atoms with Crippen molar-refractivity contribution in [2.45, 2.75) is 27.2 Å². The van der Waals surface area contributed by atoms with Gasteiger partial charge in [-0.3, -0.25) is 0 Å². The molecule has 74 valence electrons. The molecule has 1 aromatic heterocycles. The van der Waals surface area contributed by atoms with Crippen molar-refractivity contribution < 1.29 is 0 Å². The molecule has 0 saturated heterocycles. The predicted molar refractivity (Wildman–Crippen MR) is 61.8 cm³/mol. The third kappa shape index (κ3) is 1.24. The standard InChI is InChI=1S/C13H17N/c1-5-11-8-14(4)13-10(3)6-9(2)7-12(11)13/h6-8H,5H2,1-4H3. The zero-order valence-electron chi connectivity index (χ0n) is 9.39. The van der Waals surface area contributed by atoms with Crippen LogP contribution >= 0.6 is 0 Å². The third-order valence-electron chi connectivity index (χ3n) is 2.87. The maximum absolute atomic E-state index is 2.29. The summed E-state index contributed by atoms with van der Waals surface area (Å²) >= 11 is 0. The van der Waals surface area contributed by atoms with Crippen molar-refractivity contribution >= 4 is 10.9 Å². The Kier molecular flexibility index (Phi) is 2.10. The summed E-state index contributed by atoms with van der Waals surface area (Å²) in [5, 5.41) is 1.42. The maximum atomic E-state index is 2.29. The van der Waals surface area contributed by atoms with Gasteiger partial charge in [-0.25, -0.2) is 0 Å². The zero-order chi connectivity index (χ0) is 10.3. The van der Waals surface area contributed by atoms with Gasteiger partial charge in [0.05, 0.1) is 5.52 Å². The van der Waals surface area contributed by atoms with Gasteiger partial charge in [-0.2, -0.15) is 0 Å². The molecule has 0 aliphatic heterocycles.